The molecule has 5 aromatic rings. The molecule has 7 rings (SSSR count). The minimum Gasteiger partial charge on any atom is -0.465 e. The number of carbonyl (C=O) groups is 4. The van der Waals surface area contributed by atoms with E-state index in [1.165, 1.54) is 19.2 Å². The molecule has 338 valence electrons. The number of benzene rings is 3. The van der Waals surface area contributed by atoms with Gasteiger partial charge in [0.1, 0.15) is 36.3 Å². The van der Waals surface area contributed by atoms with Gasteiger partial charge in [0, 0.05) is 26.6 Å². The predicted molar refractivity (Wildman–Crippen MR) is 233 cm³/mol. The SMILES string of the molecule is CC[C@@H](NC(=O)O)OCC(=O)N1CCC[C@H]1c1ncc(-c2ccc(-c3ccc(-c4cnc([C@@H]5CCCN5C(=O)[C@H](Cc5ccc(OP(=O)(O)OC)cc5)NC(=O)OC)[nH]4)cc3)cc2)[nH]1. The van der Waals surface area contributed by atoms with Crippen LogP contribution in [0.25, 0.3) is 33.6 Å². The Labute approximate surface area is 369 Å². The van der Waals surface area contributed by atoms with Crippen molar-refractivity contribution in [3.05, 3.63) is 102 Å². The van der Waals surface area contributed by atoms with Crippen molar-refractivity contribution in [2.45, 2.75) is 69.8 Å². The third-order valence-corrected chi connectivity index (χ3v) is 12.2. The molecule has 19 nitrogen and oxygen atoms in total. The van der Waals surface area contributed by atoms with Crippen LogP contribution in [-0.2, 0) is 34.6 Å². The Bertz CT molecular complexity index is 2460. The summed E-state index contributed by atoms with van der Waals surface area (Å²) in [5, 5.41) is 13.9. The van der Waals surface area contributed by atoms with E-state index >= 15 is 0 Å². The highest BCUT2D eigenvalue weighted by Gasteiger charge is 2.37. The largest absolute Gasteiger partial charge is 0.527 e. The molecule has 0 bridgehead atoms. The maximum absolute atomic E-state index is 14.1. The van der Waals surface area contributed by atoms with Gasteiger partial charge in [0.15, 0.2) is 0 Å². The average molecular weight is 899 g/mol. The lowest BCUT2D eigenvalue weighted by Crippen LogP contribution is -2.49. The molecule has 20 heteroatoms. The summed E-state index contributed by atoms with van der Waals surface area (Å²) in [6.45, 7) is 2.57. The van der Waals surface area contributed by atoms with Crippen molar-refractivity contribution in [3.8, 4) is 39.4 Å². The number of carboxylic acid groups (broad SMARTS) is 1. The van der Waals surface area contributed by atoms with Crippen molar-refractivity contribution in [2.24, 2.45) is 0 Å². The molecule has 0 aliphatic carbocycles. The van der Waals surface area contributed by atoms with E-state index in [1.807, 2.05) is 48.5 Å². The van der Waals surface area contributed by atoms with Crippen molar-refractivity contribution in [3.63, 3.8) is 0 Å². The molecule has 3 aromatic carbocycles. The zero-order valence-electron chi connectivity index (χ0n) is 35.6. The van der Waals surface area contributed by atoms with E-state index in [2.05, 4.69) is 35.1 Å². The zero-order valence-corrected chi connectivity index (χ0v) is 36.5. The molecule has 6 N–H and O–H groups in total. The number of hydrogen-bond donors (Lipinski definition) is 6. The van der Waals surface area contributed by atoms with Crippen LogP contribution in [0.5, 0.6) is 5.75 Å². The summed E-state index contributed by atoms with van der Waals surface area (Å²) < 4.78 is 31.6. The number of H-pyrrole nitrogens is 2. The number of phosphoric acid groups is 1. The Kier molecular flexibility index (Phi) is 14.4. The molecule has 4 heterocycles. The van der Waals surface area contributed by atoms with Crippen LogP contribution in [0, 0.1) is 0 Å². The van der Waals surface area contributed by atoms with E-state index in [0.717, 1.165) is 60.0 Å². The number of aromatic nitrogens is 4. The summed E-state index contributed by atoms with van der Waals surface area (Å²) in [6.07, 6.45) is 4.29. The number of alkyl carbamates (subject to hydrolysis) is 1. The second-order valence-corrected chi connectivity index (χ2v) is 16.9. The standard InChI is InChI=1S/C44H51N8O11P/c1-4-38(50-43(55)56)62-26-39(53)51-21-5-7-36(51)40-45-24-34(47-40)30-15-11-28(12-16-30)29-13-17-31(18-14-29)35-25-46-41(48-35)37-8-6-22-52(37)42(54)33(49-44(57)60-2)23-27-9-19-32(20-10-27)63-64(58,59)61-3/h9-20,24-25,33,36-38,50H,4-8,21-23,26H2,1-3H3,(H,45,47)(H,46,48)(H,49,57)(H,55,56)(H,58,59)/t33-,36-,37-,38-/m0/s1. The van der Waals surface area contributed by atoms with E-state index in [4.69, 9.17) is 19.1 Å². The van der Waals surface area contributed by atoms with Gasteiger partial charge in [0.05, 0.1) is 43.0 Å². The number of rotatable bonds is 17. The molecular formula is C44H51N8O11P. The second kappa shape index (κ2) is 20.3. The van der Waals surface area contributed by atoms with Crippen LogP contribution >= 0.6 is 7.82 Å². The minimum absolute atomic E-state index is 0.105. The molecule has 4 amide bonds. The Balaban J connectivity index is 0.973. The Hall–Kier alpha value is -6.53. The van der Waals surface area contributed by atoms with Crippen LogP contribution < -0.4 is 15.2 Å². The fraction of sp³-hybridized carbons (Fsp3) is 0.364. The Morgan fingerprint density at radius 3 is 1.84 bits per heavy atom. The predicted octanol–water partition coefficient (Wildman–Crippen LogP) is 6.57. The number of amides is 4. The van der Waals surface area contributed by atoms with Gasteiger partial charge in [-0.15, -0.1) is 0 Å². The molecule has 5 atom stereocenters. The number of likely N-dealkylation sites (tertiary alicyclic amines) is 2. The smallest absolute Gasteiger partial charge is 0.465 e. The molecule has 2 aromatic heterocycles. The van der Waals surface area contributed by atoms with Gasteiger partial charge < -0.3 is 44.2 Å². The summed E-state index contributed by atoms with van der Waals surface area (Å²) in [5.41, 5.74) is 6.14. The maximum Gasteiger partial charge on any atom is 0.527 e. The molecule has 1 unspecified atom stereocenters. The number of methoxy groups -OCH3 is 1. The van der Waals surface area contributed by atoms with E-state index in [9.17, 15) is 28.6 Å². The first kappa shape index (κ1) is 45.5. The lowest BCUT2D eigenvalue weighted by Gasteiger charge is -2.28. The lowest BCUT2D eigenvalue weighted by atomic mass is 10.0. The van der Waals surface area contributed by atoms with Gasteiger partial charge in [0.2, 0.25) is 11.8 Å². The van der Waals surface area contributed by atoms with Crippen molar-refractivity contribution in [1.29, 1.82) is 0 Å². The quantitative estimate of drug-likeness (QED) is 0.0427. The molecule has 2 fully saturated rings. The molecule has 0 radical (unpaired) electrons. The summed E-state index contributed by atoms with van der Waals surface area (Å²) >= 11 is 0. The van der Waals surface area contributed by atoms with Crippen LogP contribution in [0.2, 0.25) is 0 Å². The van der Waals surface area contributed by atoms with Crippen LogP contribution in [0.1, 0.15) is 68.3 Å². The van der Waals surface area contributed by atoms with E-state index < -0.39 is 32.3 Å². The van der Waals surface area contributed by atoms with Gasteiger partial charge in [-0.1, -0.05) is 67.6 Å². The van der Waals surface area contributed by atoms with Gasteiger partial charge in [-0.25, -0.2) is 24.1 Å². The number of ether oxygens (including phenoxy) is 2. The first-order valence-electron chi connectivity index (χ1n) is 20.9. The van der Waals surface area contributed by atoms with Gasteiger partial charge in [-0.05, 0) is 72.1 Å². The number of aromatic amines is 2. The van der Waals surface area contributed by atoms with Crippen molar-refractivity contribution in [1.82, 2.24) is 40.4 Å². The third-order valence-electron chi connectivity index (χ3n) is 11.3. The van der Waals surface area contributed by atoms with Gasteiger partial charge in [-0.2, -0.15) is 0 Å². The summed E-state index contributed by atoms with van der Waals surface area (Å²) in [7, 11) is -1.96. The average Bonchev–Trinajstić information content (AvgIpc) is 4.15. The number of hydrogen-bond acceptors (Lipinski definition) is 11. The number of carbonyl (C=O) groups excluding carboxylic acids is 3. The minimum atomic E-state index is -4.25. The normalized spacial score (nSPS) is 17.9. The summed E-state index contributed by atoms with van der Waals surface area (Å²) in [4.78, 5) is 79.7. The number of imidazole rings is 2. The molecule has 2 aliphatic rings. The summed E-state index contributed by atoms with van der Waals surface area (Å²) in [6, 6.07) is 20.8. The first-order valence-corrected chi connectivity index (χ1v) is 22.4. The van der Waals surface area contributed by atoms with Crippen LogP contribution in [-0.4, -0.2) is 110 Å². The zero-order chi connectivity index (χ0) is 45.4. The fourth-order valence-corrected chi connectivity index (χ4v) is 8.46. The van der Waals surface area contributed by atoms with Crippen LogP contribution in [0.15, 0.2) is 85.2 Å². The van der Waals surface area contributed by atoms with E-state index in [1.54, 1.807) is 41.2 Å². The molecule has 64 heavy (non-hydrogen) atoms. The third kappa shape index (κ3) is 11.0. The van der Waals surface area contributed by atoms with Gasteiger partial charge >= 0.3 is 20.0 Å². The first-order chi connectivity index (χ1) is 30.8. The topological polar surface area (TPSA) is 251 Å². The monoisotopic (exact) mass is 898 g/mol. The maximum atomic E-state index is 14.1. The Morgan fingerprint density at radius 1 is 0.797 bits per heavy atom. The van der Waals surface area contributed by atoms with E-state index in [0.29, 0.717) is 43.1 Å². The molecule has 2 aliphatic heterocycles. The van der Waals surface area contributed by atoms with E-state index in [-0.39, 0.29) is 42.7 Å². The Morgan fingerprint density at radius 2 is 1.33 bits per heavy atom. The van der Waals surface area contributed by atoms with Gasteiger partial charge in [-0.3, -0.25) is 24.3 Å². The molecule has 0 spiro atoms. The fourth-order valence-electron chi connectivity index (χ4n) is 8.00. The molecular weight excluding hydrogens is 848 g/mol. The highest BCUT2D eigenvalue weighted by Crippen LogP contribution is 2.43. The number of phosphoric ester groups is 1. The summed E-state index contributed by atoms with van der Waals surface area (Å²) in [5.74, 6) is 0.892. The highest BCUT2D eigenvalue weighted by molar-refractivity contribution is 7.47. The molecule has 0 saturated carbocycles. The number of nitrogens with one attached hydrogen (secondary N) is 4. The lowest BCUT2D eigenvalue weighted by molar-refractivity contribution is -0.140. The van der Waals surface area contributed by atoms with Crippen molar-refractivity contribution < 1.29 is 52.3 Å². The molecule has 2 saturated heterocycles. The highest BCUT2D eigenvalue weighted by atomic mass is 31.2. The van der Waals surface area contributed by atoms with Gasteiger partial charge in [0.25, 0.3) is 0 Å². The van der Waals surface area contributed by atoms with Crippen molar-refractivity contribution >= 4 is 31.8 Å². The van der Waals surface area contributed by atoms with Crippen LogP contribution in [0.4, 0.5) is 9.59 Å². The number of nitrogens with zero attached hydrogens (tertiary/aromatic N) is 4. The second-order valence-electron chi connectivity index (χ2n) is 15.4. The van der Waals surface area contributed by atoms with Crippen LogP contribution in [0.3, 0.4) is 0 Å². The van der Waals surface area contributed by atoms with Crippen molar-refractivity contribution in [2.75, 3.05) is 33.9 Å².